The molecule has 0 aliphatic carbocycles. The second-order valence-corrected chi connectivity index (χ2v) is 8.05. The summed E-state index contributed by atoms with van der Waals surface area (Å²) in [6, 6.07) is 16.7. The highest BCUT2D eigenvalue weighted by Gasteiger charge is 2.31. The third kappa shape index (κ3) is 5.55. The fraction of sp³-hybridized carbons (Fsp3) is 0.0952. The van der Waals surface area contributed by atoms with Crippen LogP contribution in [0, 0.1) is 0 Å². The Labute approximate surface area is 178 Å². The van der Waals surface area contributed by atoms with E-state index < -0.39 is 0 Å². The molecule has 1 saturated heterocycles. The van der Waals surface area contributed by atoms with Gasteiger partial charge in [0.25, 0.3) is 5.91 Å². The van der Waals surface area contributed by atoms with Gasteiger partial charge in [0.1, 0.15) is 4.32 Å². The highest BCUT2D eigenvalue weighted by Crippen LogP contribution is 2.31. The van der Waals surface area contributed by atoms with Crippen LogP contribution < -0.4 is 5.32 Å². The molecule has 28 heavy (non-hydrogen) atoms. The Hall–Kier alpha value is -2.41. The van der Waals surface area contributed by atoms with Gasteiger partial charge < -0.3 is 5.32 Å². The third-order valence-corrected chi connectivity index (χ3v) is 5.51. The van der Waals surface area contributed by atoms with E-state index in [2.05, 4.69) is 5.32 Å². The summed E-state index contributed by atoms with van der Waals surface area (Å²) >= 11 is 12.4. The SMILES string of the molecule is O=C(CCN1C(=O)/C(=C/C=C/c2ccccc2)SC1=S)Nc1cccc(Cl)c1. The Morgan fingerprint density at radius 1 is 1.18 bits per heavy atom. The number of rotatable bonds is 6. The largest absolute Gasteiger partial charge is 0.326 e. The molecule has 2 amide bonds. The van der Waals surface area contributed by atoms with Gasteiger partial charge >= 0.3 is 0 Å². The Morgan fingerprint density at radius 3 is 2.71 bits per heavy atom. The molecule has 142 valence electrons. The molecule has 0 aromatic heterocycles. The second kappa shape index (κ2) is 9.68. The van der Waals surface area contributed by atoms with E-state index in [0.717, 1.165) is 5.56 Å². The van der Waals surface area contributed by atoms with Crippen molar-refractivity contribution in [2.45, 2.75) is 6.42 Å². The smallest absolute Gasteiger partial charge is 0.266 e. The lowest BCUT2D eigenvalue weighted by Crippen LogP contribution is -2.31. The van der Waals surface area contributed by atoms with Gasteiger partial charge in [-0.1, -0.05) is 84.1 Å². The maximum Gasteiger partial charge on any atom is 0.266 e. The highest BCUT2D eigenvalue weighted by molar-refractivity contribution is 8.26. The number of carbonyl (C=O) groups excluding carboxylic acids is 2. The molecular weight excluding hydrogens is 412 g/mol. The predicted octanol–water partition coefficient (Wildman–Crippen LogP) is 5.13. The molecule has 3 rings (SSSR count). The van der Waals surface area contributed by atoms with Gasteiger partial charge in [-0.05, 0) is 29.8 Å². The maximum absolute atomic E-state index is 12.5. The summed E-state index contributed by atoms with van der Waals surface area (Å²) in [6.07, 6.45) is 5.64. The predicted molar refractivity (Wildman–Crippen MR) is 120 cm³/mol. The minimum atomic E-state index is -0.204. The minimum Gasteiger partial charge on any atom is -0.326 e. The lowest BCUT2D eigenvalue weighted by molar-refractivity contribution is -0.122. The zero-order chi connectivity index (χ0) is 19.9. The molecule has 4 nitrogen and oxygen atoms in total. The molecule has 0 spiro atoms. The molecule has 2 aromatic rings. The van der Waals surface area contributed by atoms with Crippen LogP contribution in [-0.4, -0.2) is 27.6 Å². The average molecular weight is 429 g/mol. The molecule has 1 N–H and O–H groups in total. The first-order valence-corrected chi connectivity index (χ1v) is 10.2. The number of thioether (sulfide) groups is 1. The van der Waals surface area contributed by atoms with E-state index in [0.29, 0.717) is 19.9 Å². The van der Waals surface area contributed by atoms with E-state index in [1.165, 1.54) is 16.7 Å². The number of nitrogens with one attached hydrogen (secondary N) is 1. The van der Waals surface area contributed by atoms with Gasteiger partial charge in [-0.25, -0.2) is 0 Å². The maximum atomic E-state index is 12.5. The zero-order valence-corrected chi connectivity index (χ0v) is 17.2. The second-order valence-electron chi connectivity index (χ2n) is 5.93. The van der Waals surface area contributed by atoms with E-state index in [1.54, 1.807) is 30.3 Å². The van der Waals surface area contributed by atoms with Crippen LogP contribution >= 0.6 is 35.6 Å². The van der Waals surface area contributed by atoms with Crippen LogP contribution in [0.2, 0.25) is 5.02 Å². The fourth-order valence-electron chi connectivity index (χ4n) is 2.52. The number of hydrogen-bond donors (Lipinski definition) is 1. The van der Waals surface area contributed by atoms with Crippen molar-refractivity contribution in [2.75, 3.05) is 11.9 Å². The molecule has 0 saturated carbocycles. The molecule has 1 aliphatic heterocycles. The molecule has 1 aliphatic rings. The summed E-state index contributed by atoms with van der Waals surface area (Å²) in [5.41, 5.74) is 1.67. The summed E-state index contributed by atoms with van der Waals surface area (Å²) < 4.78 is 0.458. The van der Waals surface area contributed by atoms with Crippen LogP contribution in [-0.2, 0) is 9.59 Å². The monoisotopic (exact) mass is 428 g/mol. The van der Waals surface area contributed by atoms with Crippen LogP contribution in [0.25, 0.3) is 6.08 Å². The van der Waals surface area contributed by atoms with E-state index in [1.807, 2.05) is 42.5 Å². The van der Waals surface area contributed by atoms with Gasteiger partial charge in [-0.2, -0.15) is 0 Å². The molecule has 1 heterocycles. The van der Waals surface area contributed by atoms with Gasteiger partial charge in [0, 0.05) is 23.7 Å². The van der Waals surface area contributed by atoms with E-state index >= 15 is 0 Å². The molecule has 0 atom stereocenters. The van der Waals surface area contributed by atoms with E-state index in [9.17, 15) is 9.59 Å². The Bertz CT molecular complexity index is 958. The summed E-state index contributed by atoms with van der Waals surface area (Å²) in [5, 5.41) is 3.31. The molecule has 0 unspecified atom stereocenters. The van der Waals surface area contributed by atoms with Crippen LogP contribution in [0.1, 0.15) is 12.0 Å². The van der Waals surface area contributed by atoms with Crippen molar-refractivity contribution < 1.29 is 9.59 Å². The average Bonchev–Trinajstić information content (AvgIpc) is 2.94. The van der Waals surface area contributed by atoms with Crippen molar-refractivity contribution in [2.24, 2.45) is 0 Å². The minimum absolute atomic E-state index is 0.145. The summed E-state index contributed by atoms with van der Waals surface area (Å²) in [6.45, 7) is 0.233. The molecule has 2 aromatic carbocycles. The fourth-order valence-corrected chi connectivity index (χ4v) is 3.97. The van der Waals surface area contributed by atoms with Crippen molar-refractivity contribution in [1.82, 2.24) is 4.90 Å². The van der Waals surface area contributed by atoms with E-state index in [-0.39, 0.29) is 24.8 Å². The Kier molecular flexibility index (Phi) is 7.03. The lowest BCUT2D eigenvalue weighted by atomic mass is 10.2. The van der Waals surface area contributed by atoms with Gasteiger partial charge in [-0.3, -0.25) is 14.5 Å². The number of halogens is 1. The first-order chi connectivity index (χ1) is 13.5. The van der Waals surface area contributed by atoms with Gasteiger partial charge in [0.05, 0.1) is 4.91 Å². The first-order valence-electron chi connectivity index (χ1n) is 8.55. The van der Waals surface area contributed by atoms with Crippen molar-refractivity contribution in [1.29, 1.82) is 0 Å². The molecule has 0 bridgehead atoms. The van der Waals surface area contributed by atoms with Crippen molar-refractivity contribution in [3.63, 3.8) is 0 Å². The van der Waals surface area contributed by atoms with Gasteiger partial charge in [-0.15, -0.1) is 0 Å². The number of benzene rings is 2. The van der Waals surface area contributed by atoms with Crippen LogP contribution in [0.4, 0.5) is 5.69 Å². The van der Waals surface area contributed by atoms with Crippen LogP contribution in [0.5, 0.6) is 0 Å². The number of nitrogens with zero attached hydrogens (tertiary/aromatic N) is 1. The number of allylic oxidation sites excluding steroid dienone is 2. The van der Waals surface area contributed by atoms with Crippen LogP contribution in [0.15, 0.2) is 71.7 Å². The molecular formula is C21H17ClN2O2S2. The number of hydrogen-bond acceptors (Lipinski definition) is 4. The normalized spacial score (nSPS) is 15.6. The van der Waals surface area contributed by atoms with E-state index in [4.69, 9.17) is 23.8 Å². The first kappa shape index (κ1) is 20.3. The number of carbonyl (C=O) groups is 2. The summed E-state index contributed by atoms with van der Waals surface area (Å²) in [4.78, 5) is 26.7. The Morgan fingerprint density at radius 2 is 1.96 bits per heavy atom. The number of thiocarbonyl (C=S) groups is 1. The quantitative estimate of drug-likeness (QED) is 0.512. The Balaban J connectivity index is 1.55. The summed E-state index contributed by atoms with van der Waals surface area (Å²) in [7, 11) is 0. The number of anilines is 1. The van der Waals surface area contributed by atoms with Gasteiger partial charge in [0.15, 0.2) is 0 Å². The zero-order valence-electron chi connectivity index (χ0n) is 14.8. The highest BCUT2D eigenvalue weighted by atomic mass is 35.5. The summed E-state index contributed by atoms with van der Waals surface area (Å²) in [5.74, 6) is -0.382. The lowest BCUT2D eigenvalue weighted by Gasteiger charge is -2.14. The number of amides is 2. The topological polar surface area (TPSA) is 49.4 Å². The molecule has 7 heteroatoms. The molecule has 1 fully saturated rings. The van der Waals surface area contributed by atoms with Crippen molar-refractivity contribution in [3.05, 3.63) is 82.2 Å². The molecule has 0 radical (unpaired) electrons. The standard InChI is InChI=1S/C21H17ClN2O2S2/c22-16-9-5-10-17(14-16)23-19(25)12-13-24-20(26)18(28-21(24)27)11-4-8-15-6-2-1-3-7-15/h1-11,14H,12-13H2,(H,23,25)/b8-4+,18-11-. The van der Waals surface area contributed by atoms with Gasteiger partial charge in [0.2, 0.25) is 5.91 Å². The van der Waals surface area contributed by atoms with Crippen molar-refractivity contribution >= 4 is 63.5 Å². The third-order valence-electron chi connectivity index (χ3n) is 3.88. The van der Waals surface area contributed by atoms with Crippen molar-refractivity contribution in [3.8, 4) is 0 Å². The van der Waals surface area contributed by atoms with Crippen LogP contribution in [0.3, 0.4) is 0 Å².